The highest BCUT2D eigenvalue weighted by molar-refractivity contribution is 6.28. The Morgan fingerprint density at radius 1 is 0.330 bits per heavy atom. The van der Waals surface area contributed by atoms with Gasteiger partial charge in [0.15, 0.2) is 0 Å². The summed E-state index contributed by atoms with van der Waals surface area (Å²) in [6.07, 6.45) is -23.8. The van der Waals surface area contributed by atoms with Crippen molar-refractivity contribution in [1.82, 2.24) is 15.0 Å². The van der Waals surface area contributed by atoms with Crippen molar-refractivity contribution in [3.63, 3.8) is 0 Å². The molecule has 522 valence electrons. The molecular weight excluding hydrogens is 1340 g/mol. The number of hydrogen-bond donors (Lipinski definition) is 15. The van der Waals surface area contributed by atoms with Crippen LogP contribution in [0.1, 0.15) is 38.2 Å². The molecule has 52 heteroatoms. The van der Waals surface area contributed by atoms with Crippen LogP contribution in [-0.2, 0) is 97.9 Å². The van der Waals surface area contributed by atoms with Crippen molar-refractivity contribution in [2.24, 2.45) is 37.4 Å². The molecule has 0 saturated heterocycles. The summed E-state index contributed by atoms with van der Waals surface area (Å²) in [5, 5.41) is 117. The molecule has 0 bridgehead atoms. The second kappa shape index (κ2) is 39.1. The number of nitrogens with one attached hydrogen (secondary N) is 3. The molecule has 0 aliphatic rings. The number of H-pyrrole nitrogens is 3. The van der Waals surface area contributed by atoms with Crippen molar-refractivity contribution < 1.29 is 227 Å². The maximum absolute atomic E-state index is 11.9. The number of imidazole rings is 3. The van der Waals surface area contributed by atoms with Crippen molar-refractivity contribution >= 4 is 79.0 Å². The number of aromatic amines is 3. The van der Waals surface area contributed by atoms with Gasteiger partial charge in [-0.15, -0.1) is 0 Å². The van der Waals surface area contributed by atoms with Crippen LogP contribution in [0.2, 0.25) is 0 Å². The lowest BCUT2D eigenvalue weighted by Crippen LogP contribution is -2.60. The van der Waals surface area contributed by atoms with E-state index < -0.39 is 132 Å². The Morgan fingerprint density at radius 3 is 0.462 bits per heavy atom. The molecule has 3 aromatic heterocycles. The van der Waals surface area contributed by atoms with Crippen LogP contribution in [0.4, 0.5) is 79.0 Å². The van der Waals surface area contributed by atoms with E-state index in [9.17, 15) is 108 Å². The summed E-state index contributed by atoms with van der Waals surface area (Å²) >= 11 is 0. The number of alkyl halides is 18. The molecule has 3 heterocycles. The van der Waals surface area contributed by atoms with Crippen molar-refractivity contribution in [1.29, 1.82) is 0 Å². The van der Waals surface area contributed by atoms with Crippen LogP contribution in [0.5, 0.6) is 0 Å². The molecule has 0 radical (unpaired) electrons. The van der Waals surface area contributed by atoms with Gasteiger partial charge in [-0.05, 0) is 0 Å². The van der Waals surface area contributed by atoms with Crippen molar-refractivity contribution in [3.05, 3.63) is 54.7 Å². The molecule has 3 aromatic rings. The third-order valence-corrected chi connectivity index (χ3v) is 8.95. The Hall–Kier alpha value is -10.0. The van der Waals surface area contributed by atoms with E-state index in [1.807, 2.05) is 58.3 Å². The lowest BCUT2D eigenvalue weighted by atomic mass is 9.86. The minimum absolute atomic E-state index is 1.07. The van der Waals surface area contributed by atoms with Gasteiger partial charge >= 0.3 is 125 Å². The Morgan fingerprint density at radius 2 is 0.440 bits per heavy atom. The molecule has 0 aromatic carbocycles. The van der Waals surface area contributed by atoms with Crippen LogP contribution in [0.15, 0.2) is 37.2 Å². The first kappa shape index (κ1) is 94.6. The summed E-state index contributed by atoms with van der Waals surface area (Å²) in [5.41, 5.74) is -17.4. The number of aryl methyl sites for hydroxylation is 6. The van der Waals surface area contributed by atoms with Gasteiger partial charge in [-0.3, -0.25) is 36.1 Å². The van der Waals surface area contributed by atoms with Crippen LogP contribution >= 0.6 is 0 Å². The fourth-order valence-electron chi connectivity index (χ4n) is 4.58. The van der Waals surface area contributed by atoms with Gasteiger partial charge in [0.2, 0.25) is 0 Å². The quantitative estimate of drug-likeness (QED) is 0.0382. The number of halogens is 18. The SMILES string of the molecule is CCc1[nH]cc[n+]1C.CCc1[nH]cc[n+]1C.CCc1[nH]cc[n+]1C.O=C(O)C(=O)O.O=C(O)C(=O)O.O=C(O)C(=O)O.O=C(O)C(C(=O)O)(C(F)(F)F)C(F)(F)F.O=C(O)C(C(=O)O)(C(F)(F)F)C(F)(F)F.O=C(O)C(C(=O)O)(C(F)(F)F)C(F)(F)F.[O-]B([O-])[O-]. The summed E-state index contributed by atoms with van der Waals surface area (Å²) in [5.74, 6) is -28.3. The second-order valence-corrected chi connectivity index (χ2v) is 14.8. The van der Waals surface area contributed by atoms with Crippen LogP contribution in [0, 0.1) is 16.2 Å². The van der Waals surface area contributed by atoms with Gasteiger partial charge in [-0.2, -0.15) is 79.0 Å². The summed E-state index contributed by atoms with van der Waals surface area (Å²) in [7, 11) is 3.19. The van der Waals surface area contributed by atoms with Gasteiger partial charge < -0.3 is 76.4 Å². The highest BCUT2D eigenvalue weighted by Gasteiger charge is 2.83. The number of carboxylic acid groups (broad SMARTS) is 12. The Bertz CT molecular complexity index is 2450. The number of aromatic nitrogens is 6. The molecule has 15 N–H and O–H groups in total. The fraction of sp³-hybridized carbons (Fsp3) is 0.462. The Kier molecular flexibility index (Phi) is 40.6. The molecule has 0 aliphatic heterocycles. The van der Waals surface area contributed by atoms with E-state index in [-0.39, 0.29) is 0 Å². The van der Waals surface area contributed by atoms with Crippen LogP contribution in [-0.4, -0.2) is 192 Å². The largest absolute Gasteiger partial charge is 0.907 e. The zero-order valence-electron chi connectivity index (χ0n) is 45.3. The molecule has 3 rings (SSSR count). The van der Waals surface area contributed by atoms with Gasteiger partial charge in [-0.25, -0.2) is 57.4 Å². The number of hydrogen-bond acceptors (Lipinski definition) is 15. The topological polar surface area (TPSA) is 576 Å². The van der Waals surface area contributed by atoms with E-state index in [1.165, 1.54) is 17.5 Å². The molecule has 0 spiro atoms. The molecule has 91 heavy (non-hydrogen) atoms. The molecule has 0 aliphatic carbocycles. The zero-order chi connectivity index (χ0) is 75.0. The monoisotopic (exact) mass is 1380 g/mol. The average Bonchev–Trinajstić information content (AvgIpc) is 1.23. The third kappa shape index (κ3) is 29.7. The first-order chi connectivity index (χ1) is 40.3. The first-order valence-electron chi connectivity index (χ1n) is 21.6. The predicted molar refractivity (Wildman–Crippen MR) is 235 cm³/mol. The predicted octanol–water partition coefficient (Wildman–Crippen LogP) is -1.48. The van der Waals surface area contributed by atoms with Crippen LogP contribution in [0.25, 0.3) is 0 Å². The minimum atomic E-state index is -6.48. The standard InChI is InChI=1S/3C6H10N2.3C5H2F6O4.3C2H2O4.BO3/c3*1-3-6-7-4-5-8(6)2;3*6-4(7,8)3(1(12)13,2(14)15)5(9,10)11;3*3-1(4)2(5)6;2-1(3)4/h3*4-5H,3H2,1-2H3;3*(H,12,13)(H,14,15);3*(H,3,4)(H,5,6);/q;;;;;;;;;-3/p+3. The van der Waals surface area contributed by atoms with Crippen LogP contribution in [0.3, 0.4) is 0 Å². The van der Waals surface area contributed by atoms with Gasteiger partial charge in [0.05, 0.1) is 21.1 Å². The molecule has 33 nitrogen and oxygen atoms in total. The summed E-state index contributed by atoms with van der Waals surface area (Å²) in [6, 6.07) is 0. The molecule has 0 amide bonds. The molecule has 0 fully saturated rings. The van der Waals surface area contributed by atoms with Gasteiger partial charge in [0.25, 0.3) is 17.5 Å². The fourth-order valence-corrected chi connectivity index (χ4v) is 4.58. The smallest absolute Gasteiger partial charge is 0.424 e. The van der Waals surface area contributed by atoms with Crippen LogP contribution < -0.4 is 28.8 Å². The lowest BCUT2D eigenvalue weighted by molar-refractivity contribution is -0.677. The summed E-state index contributed by atoms with van der Waals surface area (Å²) in [6.45, 7) is 6.39. The van der Waals surface area contributed by atoms with Crippen molar-refractivity contribution in [2.45, 2.75) is 77.1 Å². The highest BCUT2D eigenvalue weighted by atomic mass is 19.4. The Balaban J connectivity index is -0.000000177. The van der Waals surface area contributed by atoms with E-state index in [0.29, 0.717) is 0 Å². The van der Waals surface area contributed by atoms with E-state index in [4.69, 9.17) is 105 Å². The van der Waals surface area contributed by atoms with E-state index >= 15 is 0 Å². The van der Waals surface area contributed by atoms with E-state index in [2.05, 4.69) is 49.4 Å². The Labute approximate surface area is 489 Å². The summed E-state index contributed by atoms with van der Waals surface area (Å²) < 4.78 is 220. The normalized spacial score (nSPS) is 11.1. The first-order valence-corrected chi connectivity index (χ1v) is 21.6. The number of nitrogens with zero attached hydrogens (tertiary/aromatic N) is 3. The number of aliphatic carboxylic acids is 12. The van der Waals surface area contributed by atoms with Gasteiger partial charge in [0, 0.05) is 19.3 Å². The van der Waals surface area contributed by atoms with Crippen molar-refractivity contribution in [2.75, 3.05) is 0 Å². The number of carbonyl (C=O) groups is 12. The van der Waals surface area contributed by atoms with Crippen molar-refractivity contribution in [3.8, 4) is 0 Å². The van der Waals surface area contributed by atoms with E-state index in [1.54, 1.807) is 0 Å². The maximum atomic E-state index is 11.9. The molecular formula is C39H45BF18N6O27. The zero-order valence-corrected chi connectivity index (χ0v) is 45.3. The number of carboxylic acids is 12. The van der Waals surface area contributed by atoms with Gasteiger partial charge in [0.1, 0.15) is 37.2 Å². The lowest BCUT2D eigenvalue weighted by Gasteiger charge is -2.35. The number of rotatable bonds is 9. The second-order valence-electron chi connectivity index (χ2n) is 14.8. The summed E-state index contributed by atoms with van der Waals surface area (Å²) in [4.78, 5) is 124. The minimum Gasteiger partial charge on any atom is -0.907 e. The molecule has 0 unspecified atom stereocenters. The third-order valence-electron chi connectivity index (χ3n) is 8.95. The van der Waals surface area contributed by atoms with E-state index in [0.717, 1.165) is 19.3 Å². The molecule has 0 saturated carbocycles. The van der Waals surface area contributed by atoms with Gasteiger partial charge in [-0.1, -0.05) is 20.8 Å². The maximum Gasteiger partial charge on any atom is 0.424 e. The highest BCUT2D eigenvalue weighted by Crippen LogP contribution is 2.53. The average molecular weight is 1380 g/mol. The molecule has 0 atom stereocenters.